The number of nitrogens with zero attached hydrogens (tertiary/aromatic N) is 3. The molecule has 1 unspecified atom stereocenters. The summed E-state index contributed by atoms with van der Waals surface area (Å²) in [5.41, 5.74) is 2.00. The van der Waals surface area contributed by atoms with Gasteiger partial charge in [-0.25, -0.2) is 0 Å². The molecule has 0 aliphatic heterocycles. The van der Waals surface area contributed by atoms with E-state index in [2.05, 4.69) is 92.8 Å². The summed E-state index contributed by atoms with van der Waals surface area (Å²) >= 11 is 0. The summed E-state index contributed by atoms with van der Waals surface area (Å²) in [4.78, 5) is 46.6. The monoisotopic (exact) mass is 925 g/mol. The molecule has 0 aliphatic carbocycles. The fourth-order valence-electron chi connectivity index (χ4n) is 4.25. The molecule has 0 aliphatic rings. The molecular weight excluding hydrogens is 825 g/mol. The van der Waals surface area contributed by atoms with Gasteiger partial charge in [-0.3, -0.25) is 19.2 Å². The zero-order valence-electron chi connectivity index (χ0n) is 44.9. The van der Waals surface area contributed by atoms with Crippen LogP contribution >= 0.6 is 0 Å². The maximum atomic E-state index is 11.4. The number of hydrogen-bond donors (Lipinski definition) is 1. The van der Waals surface area contributed by atoms with E-state index in [4.69, 9.17) is 0 Å². The van der Waals surface area contributed by atoms with Crippen molar-refractivity contribution in [2.75, 3.05) is 46.2 Å². The van der Waals surface area contributed by atoms with Gasteiger partial charge in [0.05, 0.1) is 0 Å². The maximum Gasteiger partial charge on any atom is 0.223 e. The van der Waals surface area contributed by atoms with Gasteiger partial charge in [0.1, 0.15) is 0 Å². The summed E-state index contributed by atoms with van der Waals surface area (Å²) in [5.74, 6) is 0.369. The van der Waals surface area contributed by atoms with Gasteiger partial charge in [0.2, 0.25) is 23.6 Å². The van der Waals surface area contributed by atoms with Crippen molar-refractivity contribution >= 4 is 45.5 Å². The summed E-state index contributed by atoms with van der Waals surface area (Å²) in [6, 6.07) is 36.7. The van der Waals surface area contributed by atoms with E-state index < -0.39 is 16.1 Å². The number of amides is 4. The molecule has 368 valence electrons. The third-order valence-electron chi connectivity index (χ3n) is 9.54. The third kappa shape index (κ3) is 59.8. The minimum Gasteiger partial charge on any atom is -0.356 e. The molecule has 0 bridgehead atoms. The van der Waals surface area contributed by atoms with Gasteiger partial charge in [-0.05, 0) is 30.5 Å². The van der Waals surface area contributed by atoms with Crippen molar-refractivity contribution in [3.8, 4) is 0 Å². The van der Waals surface area contributed by atoms with Crippen LogP contribution in [0.25, 0.3) is 0 Å². The molecule has 3 aromatic carbocycles. The van der Waals surface area contributed by atoms with E-state index in [1.165, 1.54) is 55.5 Å². The van der Waals surface area contributed by atoms with Crippen molar-refractivity contribution in [3.05, 3.63) is 116 Å². The van der Waals surface area contributed by atoms with Gasteiger partial charge >= 0.3 is 0 Å². The molecule has 0 aromatic heterocycles. The van der Waals surface area contributed by atoms with Crippen molar-refractivity contribution < 1.29 is 19.2 Å². The molecule has 3 rings (SSSR count). The Labute approximate surface area is 398 Å². The number of carbonyl (C=O) groups excluding carboxylic acids is 4. The number of carbonyl (C=O) groups is 4. The van der Waals surface area contributed by atoms with Gasteiger partial charge in [-0.15, -0.1) is 13.2 Å². The number of unbranched alkanes of at least 4 members (excludes halogenated alkanes) is 2. The van der Waals surface area contributed by atoms with Crippen molar-refractivity contribution in [1.82, 2.24) is 15.1 Å². The Kier molecular flexibility index (Phi) is 55.4. The van der Waals surface area contributed by atoms with Crippen LogP contribution in [0.15, 0.2) is 116 Å². The lowest BCUT2D eigenvalue weighted by Gasteiger charge is -2.27. The highest BCUT2D eigenvalue weighted by molar-refractivity contribution is 6.78. The maximum absolute atomic E-state index is 11.4. The van der Waals surface area contributed by atoms with Gasteiger partial charge in [0.25, 0.3) is 0 Å². The minimum atomic E-state index is -0.781. The molecule has 0 saturated carbocycles. The Bertz CT molecular complexity index is 1330. The van der Waals surface area contributed by atoms with Crippen molar-refractivity contribution in [2.45, 2.75) is 158 Å². The summed E-state index contributed by atoms with van der Waals surface area (Å²) < 4.78 is 0. The van der Waals surface area contributed by atoms with Crippen LogP contribution in [0.1, 0.15) is 108 Å². The zero-order valence-corrected chi connectivity index (χ0v) is 46.9. The number of hydrogen-bond acceptors (Lipinski definition) is 4. The first-order valence-electron chi connectivity index (χ1n) is 23.3. The van der Waals surface area contributed by atoms with Crippen LogP contribution in [0.3, 0.4) is 0 Å². The summed E-state index contributed by atoms with van der Waals surface area (Å²) in [6.07, 6.45) is 7.12. The molecule has 8 nitrogen and oxygen atoms in total. The van der Waals surface area contributed by atoms with Crippen LogP contribution in [0.2, 0.25) is 50.4 Å². The Balaban J connectivity index is -0.000000152. The zero-order chi connectivity index (χ0) is 51.0. The number of para-hydroxylation sites is 1. The average Bonchev–Trinajstić information content (AvgIpc) is 3.26. The second-order valence-corrected chi connectivity index (χ2v) is 28.6. The first kappa shape index (κ1) is 71.3. The Morgan fingerprint density at radius 2 is 0.891 bits per heavy atom. The van der Waals surface area contributed by atoms with Gasteiger partial charge in [0, 0.05) is 90.8 Å². The molecular formula is C54H100N4O4Si2. The lowest BCUT2D eigenvalue weighted by molar-refractivity contribution is -0.127. The Morgan fingerprint density at radius 1 is 0.562 bits per heavy atom. The quantitative estimate of drug-likeness (QED) is 0.111. The number of nitrogens with one attached hydrogen (secondary N) is 1. The van der Waals surface area contributed by atoms with Crippen LogP contribution in [0.5, 0.6) is 0 Å². The Morgan fingerprint density at radius 3 is 1.08 bits per heavy atom. The summed E-state index contributed by atoms with van der Waals surface area (Å²) in [5, 5.41) is 2.71. The highest BCUT2D eigenvalue weighted by Crippen LogP contribution is 2.27. The van der Waals surface area contributed by atoms with Crippen molar-refractivity contribution in [2.24, 2.45) is 0 Å². The second kappa shape index (κ2) is 49.7. The molecule has 10 heteroatoms. The van der Waals surface area contributed by atoms with E-state index in [0.717, 1.165) is 50.0 Å². The van der Waals surface area contributed by atoms with Gasteiger partial charge < -0.3 is 20.0 Å². The molecule has 1 atom stereocenters. The van der Waals surface area contributed by atoms with Crippen LogP contribution in [0.4, 0.5) is 5.69 Å². The SMILES string of the molecule is C=C.CC(=O)N(C)C.CC(=O)N(C)C.CCC(C)[Si](C)(C)CC.CCCCN(C(C)=O)c1ccccc1.CCCCNC(C)=O.CCC[Si](C)(C)C.c1ccccc1.c1ccccc1. The lowest BCUT2D eigenvalue weighted by Crippen LogP contribution is -2.29. The summed E-state index contributed by atoms with van der Waals surface area (Å²) in [6.45, 7) is 39.6. The lowest BCUT2D eigenvalue weighted by atomic mass is 10.2. The predicted molar refractivity (Wildman–Crippen MR) is 292 cm³/mol. The molecule has 1 N–H and O–H groups in total. The van der Waals surface area contributed by atoms with E-state index >= 15 is 0 Å². The topological polar surface area (TPSA) is 90.0 Å². The van der Waals surface area contributed by atoms with E-state index in [0.29, 0.717) is 0 Å². The first-order chi connectivity index (χ1) is 29.9. The van der Waals surface area contributed by atoms with Crippen LogP contribution in [0, 0.1) is 0 Å². The second-order valence-electron chi connectivity index (χ2n) is 17.3. The number of benzene rings is 3. The predicted octanol–water partition coefficient (Wildman–Crippen LogP) is 14.4. The van der Waals surface area contributed by atoms with Crippen LogP contribution in [-0.2, 0) is 19.2 Å². The molecule has 64 heavy (non-hydrogen) atoms. The molecule has 0 saturated heterocycles. The first-order valence-corrected chi connectivity index (χ1v) is 30.3. The minimum absolute atomic E-state index is 0.0680. The smallest absolute Gasteiger partial charge is 0.223 e. The summed E-state index contributed by atoms with van der Waals surface area (Å²) in [7, 11) is 5.46. The fourth-order valence-corrected chi connectivity index (χ4v) is 7.56. The fraction of sp³-hybridized carbons (Fsp3) is 0.556. The molecule has 3 aromatic rings. The molecule has 0 fully saturated rings. The standard InChI is InChI=1S/C12H17NO.C8H20Si.C6H13NO.C6H16Si.2C6H6.2C4H9NO.C2H4/c1-3-4-10-13(11(2)14)12-8-6-5-7-9-12;1-6-8(3)9(4,5)7-2;1-3-4-5-7-6(2)8;1-5-6-7(2,3)4;2*1-2-4-6-5-3-1;2*1-4(6)5(2)3;1-2/h5-9H,3-4,10H2,1-2H3;8H,6-7H2,1-5H3;3-5H2,1-2H3,(H,7,8);5-6H2,1-4H3;2*1-6H;2*1-3H3;1-2H2. The van der Waals surface area contributed by atoms with E-state index in [1.807, 2.05) is 108 Å². The van der Waals surface area contributed by atoms with E-state index in [1.54, 1.807) is 35.1 Å². The molecule has 0 spiro atoms. The largest absolute Gasteiger partial charge is 0.356 e. The van der Waals surface area contributed by atoms with Gasteiger partial charge in [-0.1, -0.05) is 203 Å². The van der Waals surface area contributed by atoms with Crippen LogP contribution in [-0.4, -0.2) is 90.9 Å². The number of anilines is 1. The third-order valence-corrected chi connectivity index (χ3v) is 16.4. The van der Waals surface area contributed by atoms with E-state index in [-0.39, 0.29) is 23.6 Å². The average molecular weight is 926 g/mol. The van der Waals surface area contributed by atoms with Crippen molar-refractivity contribution in [1.29, 1.82) is 0 Å². The van der Waals surface area contributed by atoms with Crippen molar-refractivity contribution in [3.63, 3.8) is 0 Å². The highest BCUT2D eigenvalue weighted by atomic mass is 28.3. The highest BCUT2D eigenvalue weighted by Gasteiger charge is 2.23. The van der Waals surface area contributed by atoms with Crippen LogP contribution < -0.4 is 10.2 Å². The molecule has 4 amide bonds. The Hall–Kier alpha value is -4.29. The normalized spacial score (nSPS) is 9.80. The van der Waals surface area contributed by atoms with E-state index in [9.17, 15) is 19.2 Å². The molecule has 0 radical (unpaired) electrons. The van der Waals surface area contributed by atoms with Gasteiger partial charge in [-0.2, -0.15) is 0 Å². The molecule has 0 heterocycles. The number of rotatable bonds is 12. The van der Waals surface area contributed by atoms with Gasteiger partial charge in [0.15, 0.2) is 0 Å².